The van der Waals surface area contributed by atoms with Crippen molar-refractivity contribution in [2.24, 2.45) is 0 Å². The number of carbonyl (C=O) groups excluding carboxylic acids is 1. The second-order valence-corrected chi connectivity index (χ2v) is 5.01. The van der Waals surface area contributed by atoms with E-state index >= 15 is 0 Å². The number of halogens is 3. The molecule has 22 heavy (non-hydrogen) atoms. The van der Waals surface area contributed by atoms with Crippen LogP contribution >= 0.6 is 0 Å². The van der Waals surface area contributed by atoms with Gasteiger partial charge >= 0.3 is 6.18 Å². The molecule has 1 aromatic carbocycles. The summed E-state index contributed by atoms with van der Waals surface area (Å²) >= 11 is 0. The van der Waals surface area contributed by atoms with Gasteiger partial charge in [0.15, 0.2) is 0 Å². The van der Waals surface area contributed by atoms with Crippen LogP contribution in [0.5, 0.6) is 0 Å². The number of hydrogen-bond donors (Lipinski definition) is 1. The maximum atomic E-state index is 12.7. The second-order valence-electron chi connectivity index (χ2n) is 5.01. The van der Waals surface area contributed by atoms with Crippen molar-refractivity contribution in [3.05, 3.63) is 65.0 Å². The van der Waals surface area contributed by atoms with Gasteiger partial charge in [-0.05, 0) is 43.7 Å². The van der Waals surface area contributed by atoms with Crippen LogP contribution in [0.25, 0.3) is 0 Å². The van der Waals surface area contributed by atoms with Gasteiger partial charge in [0.25, 0.3) is 5.91 Å². The van der Waals surface area contributed by atoms with Crippen LogP contribution in [0, 0.1) is 6.92 Å². The molecule has 0 saturated heterocycles. The van der Waals surface area contributed by atoms with Gasteiger partial charge in [-0.1, -0.05) is 12.1 Å². The number of alkyl halides is 3. The Bertz CT molecular complexity index is 666. The SMILES string of the molecule is Cc1ccc(C(=O)N[C@@H](C)c2cccc(C(F)(F)F)c2)cn1. The van der Waals surface area contributed by atoms with E-state index in [1.807, 2.05) is 0 Å². The van der Waals surface area contributed by atoms with Crippen molar-refractivity contribution >= 4 is 5.91 Å². The third kappa shape index (κ3) is 3.84. The molecule has 2 aromatic rings. The summed E-state index contributed by atoms with van der Waals surface area (Å²) in [7, 11) is 0. The smallest absolute Gasteiger partial charge is 0.345 e. The van der Waals surface area contributed by atoms with Gasteiger partial charge in [-0.25, -0.2) is 0 Å². The quantitative estimate of drug-likeness (QED) is 0.934. The number of nitrogens with zero attached hydrogens (tertiary/aromatic N) is 1. The lowest BCUT2D eigenvalue weighted by Crippen LogP contribution is -2.27. The largest absolute Gasteiger partial charge is 0.416 e. The van der Waals surface area contributed by atoms with Crippen molar-refractivity contribution in [3.63, 3.8) is 0 Å². The Balaban J connectivity index is 2.13. The molecule has 6 heteroatoms. The summed E-state index contributed by atoms with van der Waals surface area (Å²) in [6, 6.07) is 7.69. The first-order chi connectivity index (χ1) is 10.3. The number of carbonyl (C=O) groups is 1. The van der Waals surface area contributed by atoms with E-state index in [4.69, 9.17) is 0 Å². The number of benzene rings is 1. The molecule has 1 aromatic heterocycles. The molecule has 0 radical (unpaired) electrons. The minimum Gasteiger partial charge on any atom is -0.345 e. The molecular weight excluding hydrogens is 293 g/mol. The second kappa shape index (κ2) is 6.17. The first kappa shape index (κ1) is 16.0. The third-order valence-corrected chi connectivity index (χ3v) is 3.24. The fourth-order valence-corrected chi connectivity index (χ4v) is 1.95. The third-order valence-electron chi connectivity index (χ3n) is 3.24. The zero-order valence-electron chi connectivity index (χ0n) is 12.1. The first-order valence-electron chi connectivity index (χ1n) is 6.68. The predicted octanol–water partition coefficient (Wildman–Crippen LogP) is 3.90. The molecule has 0 aliphatic heterocycles. The van der Waals surface area contributed by atoms with Gasteiger partial charge in [0, 0.05) is 11.9 Å². The molecular formula is C16H15F3N2O. The van der Waals surface area contributed by atoms with Gasteiger partial charge in [0.2, 0.25) is 0 Å². The van der Waals surface area contributed by atoms with Crippen molar-refractivity contribution in [1.82, 2.24) is 10.3 Å². The Labute approximate surface area is 126 Å². The minimum atomic E-state index is -4.40. The van der Waals surface area contributed by atoms with Gasteiger partial charge < -0.3 is 5.32 Å². The molecule has 0 bridgehead atoms. The van der Waals surface area contributed by atoms with E-state index in [1.54, 1.807) is 32.0 Å². The standard InChI is InChI=1S/C16H15F3N2O/c1-10-6-7-13(9-20-10)15(22)21-11(2)12-4-3-5-14(8-12)16(17,18)19/h3-9,11H,1-2H3,(H,21,22)/t11-/m0/s1. The van der Waals surface area contributed by atoms with Crippen LogP contribution in [0.2, 0.25) is 0 Å². The molecule has 0 unspecified atom stereocenters. The number of aromatic nitrogens is 1. The number of rotatable bonds is 3. The number of aryl methyl sites for hydroxylation is 1. The summed E-state index contributed by atoms with van der Waals surface area (Å²) in [5, 5.41) is 2.66. The number of hydrogen-bond acceptors (Lipinski definition) is 2. The topological polar surface area (TPSA) is 42.0 Å². The highest BCUT2D eigenvalue weighted by atomic mass is 19.4. The fourth-order valence-electron chi connectivity index (χ4n) is 1.95. The molecule has 0 spiro atoms. The van der Waals surface area contributed by atoms with Gasteiger partial charge in [-0.3, -0.25) is 9.78 Å². The van der Waals surface area contributed by atoms with Crippen molar-refractivity contribution in [1.29, 1.82) is 0 Å². The lowest BCUT2D eigenvalue weighted by atomic mass is 10.0. The van der Waals surface area contributed by atoms with E-state index < -0.39 is 17.8 Å². The monoisotopic (exact) mass is 308 g/mol. The summed E-state index contributed by atoms with van der Waals surface area (Å²) in [6.45, 7) is 3.43. The summed E-state index contributed by atoms with van der Waals surface area (Å²) in [4.78, 5) is 16.1. The van der Waals surface area contributed by atoms with Crippen LogP contribution in [-0.4, -0.2) is 10.9 Å². The summed E-state index contributed by atoms with van der Waals surface area (Å²) < 4.78 is 38.1. The van der Waals surface area contributed by atoms with Crippen molar-refractivity contribution < 1.29 is 18.0 Å². The summed E-state index contributed by atoms with van der Waals surface area (Å²) in [5.41, 5.74) is 0.804. The Morgan fingerprint density at radius 1 is 1.23 bits per heavy atom. The van der Waals surface area contributed by atoms with E-state index in [2.05, 4.69) is 10.3 Å². The van der Waals surface area contributed by atoms with E-state index in [1.165, 1.54) is 12.3 Å². The van der Waals surface area contributed by atoms with Gasteiger partial charge in [-0.15, -0.1) is 0 Å². The molecule has 0 saturated carbocycles. The van der Waals surface area contributed by atoms with Gasteiger partial charge in [0.05, 0.1) is 17.2 Å². The summed E-state index contributed by atoms with van der Waals surface area (Å²) in [5.74, 6) is -0.377. The lowest BCUT2D eigenvalue weighted by Gasteiger charge is -2.16. The maximum absolute atomic E-state index is 12.7. The average molecular weight is 308 g/mol. The molecule has 1 N–H and O–H groups in total. The molecule has 3 nitrogen and oxygen atoms in total. The van der Waals surface area contributed by atoms with Gasteiger partial charge in [-0.2, -0.15) is 13.2 Å². The highest BCUT2D eigenvalue weighted by Crippen LogP contribution is 2.30. The fraction of sp³-hybridized carbons (Fsp3) is 0.250. The average Bonchev–Trinajstić information content (AvgIpc) is 2.47. The lowest BCUT2D eigenvalue weighted by molar-refractivity contribution is -0.137. The van der Waals surface area contributed by atoms with E-state index in [9.17, 15) is 18.0 Å². The number of pyridine rings is 1. The summed E-state index contributed by atoms with van der Waals surface area (Å²) in [6.07, 6.45) is -2.97. The van der Waals surface area contributed by atoms with Crippen LogP contribution in [0.3, 0.4) is 0 Å². The molecule has 0 fully saturated rings. The van der Waals surface area contributed by atoms with E-state index in [-0.39, 0.29) is 5.91 Å². The molecule has 116 valence electrons. The van der Waals surface area contributed by atoms with Crippen molar-refractivity contribution in [2.75, 3.05) is 0 Å². The Kier molecular flexibility index (Phi) is 4.49. The Hall–Kier alpha value is -2.37. The van der Waals surface area contributed by atoms with Crippen LogP contribution in [-0.2, 0) is 6.18 Å². The van der Waals surface area contributed by atoms with Crippen molar-refractivity contribution in [3.8, 4) is 0 Å². The number of amides is 1. The zero-order valence-corrected chi connectivity index (χ0v) is 12.1. The maximum Gasteiger partial charge on any atom is 0.416 e. The molecule has 0 aliphatic rings. The number of nitrogens with one attached hydrogen (secondary N) is 1. The molecule has 2 rings (SSSR count). The molecule has 1 heterocycles. The van der Waals surface area contributed by atoms with Crippen LogP contribution in [0.4, 0.5) is 13.2 Å². The van der Waals surface area contributed by atoms with E-state index in [0.717, 1.165) is 17.8 Å². The highest BCUT2D eigenvalue weighted by Gasteiger charge is 2.30. The van der Waals surface area contributed by atoms with E-state index in [0.29, 0.717) is 11.1 Å². The van der Waals surface area contributed by atoms with Gasteiger partial charge in [0.1, 0.15) is 0 Å². The Morgan fingerprint density at radius 2 is 1.95 bits per heavy atom. The molecule has 1 atom stereocenters. The van der Waals surface area contributed by atoms with Crippen LogP contribution in [0.15, 0.2) is 42.6 Å². The van der Waals surface area contributed by atoms with Crippen LogP contribution in [0.1, 0.15) is 40.1 Å². The Morgan fingerprint density at radius 3 is 2.55 bits per heavy atom. The molecule has 1 amide bonds. The molecule has 0 aliphatic carbocycles. The zero-order chi connectivity index (χ0) is 16.3. The minimum absolute atomic E-state index is 0.365. The normalized spacial score (nSPS) is 12.8. The highest BCUT2D eigenvalue weighted by molar-refractivity contribution is 5.94. The van der Waals surface area contributed by atoms with Crippen LogP contribution < -0.4 is 5.32 Å². The van der Waals surface area contributed by atoms with Crippen molar-refractivity contribution in [2.45, 2.75) is 26.1 Å². The predicted molar refractivity (Wildman–Crippen MR) is 76.3 cm³/mol. The first-order valence-corrected chi connectivity index (χ1v) is 6.68.